The Kier molecular flexibility index (Phi) is 5.38. The third kappa shape index (κ3) is 3.40. The van der Waals surface area contributed by atoms with Gasteiger partial charge in [0.15, 0.2) is 6.29 Å². The number of benzene rings is 1. The minimum Gasteiger partial charge on any atom is -0.496 e. The van der Waals surface area contributed by atoms with Gasteiger partial charge in [0.05, 0.1) is 25.3 Å². The summed E-state index contributed by atoms with van der Waals surface area (Å²) in [4.78, 5) is 10.8. The van der Waals surface area contributed by atoms with Crippen molar-refractivity contribution in [3.63, 3.8) is 0 Å². The lowest BCUT2D eigenvalue weighted by molar-refractivity contribution is 0.112. The largest absolute Gasteiger partial charge is 0.496 e. The van der Waals surface area contributed by atoms with Gasteiger partial charge in [0, 0.05) is 18.4 Å². The van der Waals surface area contributed by atoms with Gasteiger partial charge < -0.3 is 9.47 Å². The molecule has 3 nitrogen and oxygen atoms in total. The molecule has 0 amide bonds. The van der Waals surface area contributed by atoms with Crippen molar-refractivity contribution in [2.24, 2.45) is 0 Å². The molecule has 1 aromatic carbocycles. The van der Waals surface area contributed by atoms with E-state index in [0.717, 1.165) is 6.29 Å². The summed E-state index contributed by atoms with van der Waals surface area (Å²) in [5.74, 6) is 7.36. The molecule has 90 valence electrons. The van der Waals surface area contributed by atoms with Crippen LogP contribution in [0, 0.1) is 11.8 Å². The van der Waals surface area contributed by atoms with Crippen LogP contribution in [0.15, 0.2) is 12.1 Å². The molecule has 0 saturated heterocycles. The van der Waals surface area contributed by atoms with E-state index in [4.69, 9.17) is 21.1 Å². The molecule has 0 saturated carbocycles. The van der Waals surface area contributed by atoms with E-state index in [1.165, 1.54) is 14.2 Å². The normalized spacial score (nSPS) is 9.12. The quantitative estimate of drug-likeness (QED) is 0.469. The molecule has 0 radical (unpaired) electrons. The Bertz CT molecular complexity index is 458. The summed E-state index contributed by atoms with van der Waals surface area (Å²) in [5, 5.41) is 0. The van der Waals surface area contributed by atoms with E-state index < -0.39 is 0 Å². The fourth-order valence-corrected chi connectivity index (χ4v) is 1.41. The van der Waals surface area contributed by atoms with Crippen LogP contribution < -0.4 is 9.47 Å². The number of hydrogen-bond donors (Lipinski definition) is 0. The molecule has 0 unspecified atom stereocenters. The van der Waals surface area contributed by atoms with Crippen molar-refractivity contribution < 1.29 is 14.3 Å². The summed E-state index contributed by atoms with van der Waals surface area (Å²) in [5.41, 5.74) is 1.12. The summed E-state index contributed by atoms with van der Waals surface area (Å²) in [6.45, 7) is 0. The maximum Gasteiger partial charge on any atom is 0.153 e. The van der Waals surface area contributed by atoms with Gasteiger partial charge in [-0.15, -0.1) is 11.6 Å². The second-order valence-electron chi connectivity index (χ2n) is 3.15. The van der Waals surface area contributed by atoms with Crippen molar-refractivity contribution in [3.8, 4) is 23.3 Å². The average Bonchev–Trinajstić information content (AvgIpc) is 2.38. The van der Waals surface area contributed by atoms with Gasteiger partial charge in [-0.1, -0.05) is 11.8 Å². The molecule has 0 spiro atoms. The van der Waals surface area contributed by atoms with Crippen molar-refractivity contribution in [1.82, 2.24) is 0 Å². The SMILES string of the molecule is COc1cc(C=O)c(OC)cc1C#CCCCl. The Balaban J connectivity index is 3.20. The first-order chi connectivity index (χ1) is 8.26. The highest BCUT2D eigenvalue weighted by Crippen LogP contribution is 2.27. The van der Waals surface area contributed by atoms with Crippen LogP contribution >= 0.6 is 11.6 Å². The summed E-state index contributed by atoms with van der Waals surface area (Å²) in [7, 11) is 3.04. The third-order valence-corrected chi connectivity index (χ3v) is 2.31. The number of rotatable bonds is 4. The van der Waals surface area contributed by atoms with E-state index in [0.29, 0.717) is 34.9 Å². The predicted molar refractivity (Wildman–Crippen MR) is 67.1 cm³/mol. The number of ether oxygens (including phenoxy) is 2. The first kappa shape index (κ1) is 13.4. The minimum absolute atomic E-state index is 0.437. The fourth-order valence-electron chi connectivity index (χ4n) is 1.32. The standard InChI is InChI=1S/C13H13ClO3/c1-16-12-8-11(9-15)13(17-2)7-10(12)5-3-4-6-14/h7-9H,4,6H2,1-2H3. The summed E-state index contributed by atoms with van der Waals surface area (Å²) in [6.07, 6.45) is 1.32. The monoisotopic (exact) mass is 252 g/mol. The number of aldehydes is 1. The smallest absolute Gasteiger partial charge is 0.153 e. The lowest BCUT2D eigenvalue weighted by atomic mass is 10.1. The van der Waals surface area contributed by atoms with E-state index in [1.54, 1.807) is 12.1 Å². The van der Waals surface area contributed by atoms with Gasteiger partial charge in [-0.25, -0.2) is 0 Å². The zero-order valence-corrected chi connectivity index (χ0v) is 10.5. The van der Waals surface area contributed by atoms with Gasteiger partial charge in [-0.05, 0) is 6.07 Å². The van der Waals surface area contributed by atoms with Crippen molar-refractivity contribution in [2.45, 2.75) is 6.42 Å². The highest BCUT2D eigenvalue weighted by Gasteiger charge is 2.08. The minimum atomic E-state index is 0.437. The topological polar surface area (TPSA) is 35.5 Å². The van der Waals surface area contributed by atoms with Crippen LogP contribution in [0.2, 0.25) is 0 Å². The van der Waals surface area contributed by atoms with Crippen LogP contribution in [0.4, 0.5) is 0 Å². The molecule has 0 N–H and O–H groups in total. The lowest BCUT2D eigenvalue weighted by Crippen LogP contribution is -1.95. The molecule has 0 atom stereocenters. The van der Waals surface area contributed by atoms with Crippen molar-refractivity contribution >= 4 is 17.9 Å². The number of carbonyl (C=O) groups excluding carboxylic acids is 1. The Morgan fingerprint density at radius 2 is 2.00 bits per heavy atom. The Morgan fingerprint density at radius 1 is 1.29 bits per heavy atom. The van der Waals surface area contributed by atoms with E-state index in [-0.39, 0.29) is 0 Å². The lowest BCUT2D eigenvalue weighted by Gasteiger charge is -2.08. The first-order valence-corrected chi connectivity index (χ1v) is 5.56. The Morgan fingerprint density at radius 3 is 2.53 bits per heavy atom. The molecule has 1 aromatic rings. The van der Waals surface area contributed by atoms with Gasteiger partial charge >= 0.3 is 0 Å². The van der Waals surface area contributed by atoms with Gasteiger partial charge in [-0.3, -0.25) is 4.79 Å². The van der Waals surface area contributed by atoms with Crippen molar-refractivity contribution in [2.75, 3.05) is 20.1 Å². The molecule has 0 fully saturated rings. The number of carbonyl (C=O) groups is 1. The number of halogens is 1. The van der Waals surface area contributed by atoms with E-state index in [1.807, 2.05) is 0 Å². The molecule has 0 aliphatic carbocycles. The molecule has 4 heteroatoms. The van der Waals surface area contributed by atoms with E-state index in [2.05, 4.69) is 11.8 Å². The number of methoxy groups -OCH3 is 2. The van der Waals surface area contributed by atoms with Crippen LogP contribution in [0.1, 0.15) is 22.3 Å². The second-order valence-corrected chi connectivity index (χ2v) is 3.53. The Hall–Kier alpha value is -1.66. The van der Waals surface area contributed by atoms with Crippen LogP contribution in [0.3, 0.4) is 0 Å². The molecule has 0 aliphatic rings. The van der Waals surface area contributed by atoms with E-state index in [9.17, 15) is 4.79 Å². The molecule has 0 bridgehead atoms. The van der Waals surface area contributed by atoms with Crippen molar-refractivity contribution in [1.29, 1.82) is 0 Å². The average molecular weight is 253 g/mol. The van der Waals surface area contributed by atoms with Crippen LogP contribution in [-0.2, 0) is 0 Å². The summed E-state index contributed by atoms with van der Waals surface area (Å²) in [6, 6.07) is 3.29. The van der Waals surface area contributed by atoms with Crippen LogP contribution in [0.5, 0.6) is 11.5 Å². The maximum absolute atomic E-state index is 10.8. The van der Waals surface area contributed by atoms with Gasteiger partial charge in [0.1, 0.15) is 11.5 Å². The predicted octanol–water partition coefficient (Wildman–Crippen LogP) is 2.50. The van der Waals surface area contributed by atoms with Crippen LogP contribution in [-0.4, -0.2) is 26.4 Å². The van der Waals surface area contributed by atoms with Crippen LogP contribution in [0.25, 0.3) is 0 Å². The molecular formula is C13H13ClO3. The van der Waals surface area contributed by atoms with Gasteiger partial charge in [0.25, 0.3) is 0 Å². The fraction of sp³-hybridized carbons (Fsp3) is 0.308. The van der Waals surface area contributed by atoms with Crippen molar-refractivity contribution in [3.05, 3.63) is 23.3 Å². The zero-order chi connectivity index (χ0) is 12.7. The zero-order valence-electron chi connectivity index (χ0n) is 9.75. The molecule has 0 aliphatic heterocycles. The summed E-state index contributed by atoms with van der Waals surface area (Å²) >= 11 is 5.54. The Labute approximate surface area is 106 Å². The summed E-state index contributed by atoms with van der Waals surface area (Å²) < 4.78 is 10.3. The third-order valence-electron chi connectivity index (χ3n) is 2.12. The molecule has 0 aromatic heterocycles. The van der Waals surface area contributed by atoms with Gasteiger partial charge in [-0.2, -0.15) is 0 Å². The molecule has 0 heterocycles. The first-order valence-electron chi connectivity index (χ1n) is 5.02. The molecular weight excluding hydrogens is 240 g/mol. The molecule has 1 rings (SSSR count). The number of hydrogen-bond acceptors (Lipinski definition) is 3. The van der Waals surface area contributed by atoms with E-state index >= 15 is 0 Å². The highest BCUT2D eigenvalue weighted by molar-refractivity contribution is 6.18. The molecule has 17 heavy (non-hydrogen) atoms. The highest BCUT2D eigenvalue weighted by atomic mass is 35.5. The van der Waals surface area contributed by atoms with Gasteiger partial charge in [0.2, 0.25) is 0 Å². The second kappa shape index (κ2) is 6.82. The number of alkyl halides is 1. The maximum atomic E-state index is 10.8.